The molecule has 0 amide bonds. The Labute approximate surface area is 113 Å². The monoisotopic (exact) mass is 299 g/mol. The molecule has 1 N–H and O–H groups in total. The number of rotatable bonds is 8. The molecule has 0 heterocycles. The van der Waals surface area contributed by atoms with E-state index in [-0.39, 0.29) is 0 Å². The molecule has 0 aliphatic rings. The highest BCUT2D eigenvalue weighted by molar-refractivity contribution is 9.10. The van der Waals surface area contributed by atoms with E-state index in [2.05, 4.69) is 40.3 Å². The van der Waals surface area contributed by atoms with Gasteiger partial charge >= 0.3 is 0 Å². The summed E-state index contributed by atoms with van der Waals surface area (Å²) in [5.41, 5.74) is 1.15. The summed E-state index contributed by atoms with van der Waals surface area (Å²) in [6, 6.07) is 6.09. The molecular formula is C14H22BrNO. The van der Waals surface area contributed by atoms with Crippen molar-refractivity contribution < 1.29 is 4.74 Å². The molecule has 0 atom stereocenters. The summed E-state index contributed by atoms with van der Waals surface area (Å²) in [5.74, 6) is 0.874. The number of nitrogens with one attached hydrogen (secondary N) is 1. The Hall–Kier alpha value is -0.700. The molecule has 1 rings (SSSR count). The molecule has 0 unspecified atom stereocenters. The molecule has 0 radical (unpaired) electrons. The van der Waals surface area contributed by atoms with Crippen LogP contribution >= 0.6 is 15.9 Å². The first-order chi connectivity index (χ1) is 8.27. The molecule has 0 spiro atoms. The van der Waals surface area contributed by atoms with Crippen LogP contribution < -0.4 is 10.1 Å². The maximum absolute atomic E-state index is 5.20. The van der Waals surface area contributed by atoms with E-state index in [1.165, 1.54) is 32.1 Å². The summed E-state index contributed by atoms with van der Waals surface area (Å²) in [6.07, 6.45) is 6.57. The van der Waals surface area contributed by atoms with Gasteiger partial charge in [0, 0.05) is 12.2 Å². The predicted octanol–water partition coefficient (Wildman–Crippen LogP) is 4.84. The fourth-order valence-corrected chi connectivity index (χ4v) is 2.28. The van der Waals surface area contributed by atoms with E-state index in [1.54, 1.807) is 7.11 Å². The van der Waals surface area contributed by atoms with Gasteiger partial charge in [-0.05, 0) is 40.5 Å². The van der Waals surface area contributed by atoms with Crippen LogP contribution in [0.5, 0.6) is 5.75 Å². The van der Waals surface area contributed by atoms with E-state index in [1.807, 2.05) is 6.07 Å². The second-order valence-corrected chi connectivity index (χ2v) is 5.04. The first kappa shape index (κ1) is 14.4. The third-order valence-electron chi connectivity index (χ3n) is 2.76. The van der Waals surface area contributed by atoms with Crippen LogP contribution in [0.3, 0.4) is 0 Å². The van der Waals surface area contributed by atoms with Gasteiger partial charge in [-0.25, -0.2) is 0 Å². The Kier molecular flexibility index (Phi) is 7.10. The standard InChI is InChI=1S/C14H22BrNO/c1-3-4-5-6-7-10-16-12-8-9-14(17-2)13(15)11-12/h8-9,11,16H,3-7,10H2,1-2H3. The smallest absolute Gasteiger partial charge is 0.133 e. The number of halogens is 1. The van der Waals surface area contributed by atoms with Gasteiger partial charge in [0.1, 0.15) is 5.75 Å². The van der Waals surface area contributed by atoms with Gasteiger partial charge in [0.05, 0.1) is 11.6 Å². The summed E-state index contributed by atoms with van der Waals surface area (Å²) in [7, 11) is 1.68. The van der Waals surface area contributed by atoms with Crippen LogP contribution in [-0.2, 0) is 0 Å². The van der Waals surface area contributed by atoms with Gasteiger partial charge in [0.25, 0.3) is 0 Å². The lowest BCUT2D eigenvalue weighted by atomic mass is 10.1. The van der Waals surface area contributed by atoms with Gasteiger partial charge in [-0.1, -0.05) is 32.6 Å². The quantitative estimate of drug-likeness (QED) is 0.694. The van der Waals surface area contributed by atoms with Gasteiger partial charge < -0.3 is 10.1 Å². The summed E-state index contributed by atoms with van der Waals surface area (Å²) < 4.78 is 6.19. The Balaban J connectivity index is 2.25. The van der Waals surface area contributed by atoms with Crippen molar-refractivity contribution in [1.29, 1.82) is 0 Å². The van der Waals surface area contributed by atoms with Gasteiger partial charge in [0.15, 0.2) is 0 Å². The van der Waals surface area contributed by atoms with Crippen LogP contribution in [0.2, 0.25) is 0 Å². The topological polar surface area (TPSA) is 21.3 Å². The van der Waals surface area contributed by atoms with Crippen molar-refractivity contribution in [2.75, 3.05) is 19.0 Å². The van der Waals surface area contributed by atoms with E-state index >= 15 is 0 Å². The number of hydrogen-bond acceptors (Lipinski definition) is 2. The largest absolute Gasteiger partial charge is 0.496 e. The molecule has 0 aliphatic carbocycles. The van der Waals surface area contributed by atoms with Crippen molar-refractivity contribution in [2.24, 2.45) is 0 Å². The number of hydrogen-bond donors (Lipinski definition) is 1. The maximum Gasteiger partial charge on any atom is 0.133 e. The van der Waals surface area contributed by atoms with Crippen molar-refractivity contribution in [1.82, 2.24) is 0 Å². The highest BCUT2D eigenvalue weighted by Crippen LogP contribution is 2.27. The van der Waals surface area contributed by atoms with Gasteiger partial charge in [0.2, 0.25) is 0 Å². The normalized spacial score (nSPS) is 10.3. The lowest BCUT2D eigenvalue weighted by molar-refractivity contribution is 0.412. The average Bonchev–Trinajstić information content (AvgIpc) is 2.34. The second kappa shape index (κ2) is 8.40. The van der Waals surface area contributed by atoms with Crippen LogP contribution in [0.1, 0.15) is 39.0 Å². The number of unbranched alkanes of at least 4 members (excludes halogenated alkanes) is 4. The van der Waals surface area contributed by atoms with Crippen LogP contribution in [-0.4, -0.2) is 13.7 Å². The highest BCUT2D eigenvalue weighted by atomic mass is 79.9. The van der Waals surface area contributed by atoms with Crippen LogP contribution in [0.4, 0.5) is 5.69 Å². The molecule has 0 fully saturated rings. The third kappa shape index (κ3) is 5.44. The van der Waals surface area contributed by atoms with Crippen molar-refractivity contribution >= 4 is 21.6 Å². The summed E-state index contributed by atoms with van der Waals surface area (Å²) in [5, 5.41) is 3.43. The maximum atomic E-state index is 5.20. The van der Waals surface area contributed by atoms with Crippen LogP contribution in [0.25, 0.3) is 0 Å². The van der Waals surface area contributed by atoms with Crippen molar-refractivity contribution in [3.05, 3.63) is 22.7 Å². The van der Waals surface area contributed by atoms with Gasteiger partial charge in [-0.15, -0.1) is 0 Å². The highest BCUT2D eigenvalue weighted by Gasteiger charge is 2.00. The summed E-state index contributed by atoms with van der Waals surface area (Å²) in [4.78, 5) is 0. The Bertz CT molecular complexity index is 328. The van der Waals surface area contributed by atoms with E-state index in [0.717, 1.165) is 22.5 Å². The lowest BCUT2D eigenvalue weighted by Crippen LogP contribution is -2.01. The number of ether oxygens (including phenoxy) is 1. The zero-order valence-electron chi connectivity index (χ0n) is 10.8. The molecule has 1 aromatic carbocycles. The average molecular weight is 300 g/mol. The fourth-order valence-electron chi connectivity index (χ4n) is 1.74. The minimum absolute atomic E-state index is 0.874. The zero-order valence-corrected chi connectivity index (χ0v) is 12.3. The molecule has 0 aromatic heterocycles. The minimum atomic E-state index is 0.874. The summed E-state index contributed by atoms with van der Waals surface area (Å²) in [6.45, 7) is 3.29. The van der Waals surface area contributed by atoms with Gasteiger partial charge in [-0.3, -0.25) is 0 Å². The molecule has 17 heavy (non-hydrogen) atoms. The first-order valence-electron chi connectivity index (χ1n) is 6.35. The second-order valence-electron chi connectivity index (χ2n) is 4.19. The van der Waals surface area contributed by atoms with E-state index in [4.69, 9.17) is 4.74 Å². The molecule has 96 valence electrons. The third-order valence-corrected chi connectivity index (χ3v) is 3.38. The molecule has 0 saturated heterocycles. The zero-order chi connectivity index (χ0) is 12.5. The fraction of sp³-hybridized carbons (Fsp3) is 0.571. The Morgan fingerprint density at radius 3 is 2.59 bits per heavy atom. The SMILES string of the molecule is CCCCCCCNc1ccc(OC)c(Br)c1. The number of benzene rings is 1. The first-order valence-corrected chi connectivity index (χ1v) is 7.14. The Morgan fingerprint density at radius 1 is 1.18 bits per heavy atom. The molecule has 2 nitrogen and oxygen atoms in total. The lowest BCUT2D eigenvalue weighted by Gasteiger charge is -2.09. The van der Waals surface area contributed by atoms with Crippen molar-refractivity contribution in [2.45, 2.75) is 39.0 Å². The molecule has 0 saturated carbocycles. The predicted molar refractivity (Wildman–Crippen MR) is 77.9 cm³/mol. The number of methoxy groups -OCH3 is 1. The summed E-state index contributed by atoms with van der Waals surface area (Å²) >= 11 is 3.49. The van der Waals surface area contributed by atoms with Crippen LogP contribution in [0, 0.1) is 0 Å². The van der Waals surface area contributed by atoms with Crippen molar-refractivity contribution in [3.63, 3.8) is 0 Å². The van der Waals surface area contributed by atoms with Crippen LogP contribution in [0.15, 0.2) is 22.7 Å². The molecular weight excluding hydrogens is 278 g/mol. The van der Waals surface area contributed by atoms with Gasteiger partial charge in [-0.2, -0.15) is 0 Å². The number of anilines is 1. The minimum Gasteiger partial charge on any atom is -0.496 e. The molecule has 3 heteroatoms. The molecule has 0 bridgehead atoms. The van der Waals surface area contributed by atoms with Crippen molar-refractivity contribution in [3.8, 4) is 5.75 Å². The Morgan fingerprint density at radius 2 is 1.94 bits per heavy atom. The van der Waals surface area contributed by atoms with E-state index in [0.29, 0.717) is 0 Å². The van der Waals surface area contributed by atoms with E-state index in [9.17, 15) is 0 Å². The molecule has 0 aliphatic heterocycles. The van der Waals surface area contributed by atoms with E-state index < -0.39 is 0 Å². The molecule has 1 aromatic rings.